The summed E-state index contributed by atoms with van der Waals surface area (Å²) in [5.41, 5.74) is 2.08. The van der Waals surface area contributed by atoms with Gasteiger partial charge in [-0.25, -0.2) is 19.5 Å². The molecule has 0 saturated carbocycles. The van der Waals surface area contributed by atoms with Gasteiger partial charge in [-0.05, 0) is 0 Å². The molecule has 0 spiro atoms. The number of hydrogen-bond donors (Lipinski definition) is 8. The number of H-pyrrole nitrogens is 2. The summed E-state index contributed by atoms with van der Waals surface area (Å²) in [6.07, 6.45) is -2.64. The van der Waals surface area contributed by atoms with Crippen molar-refractivity contribution in [1.82, 2.24) is 39.0 Å². The summed E-state index contributed by atoms with van der Waals surface area (Å²) in [7, 11) is -5.01. The largest absolute Gasteiger partial charge is 0.472 e. The number of fused-ring (bicyclic) bond motifs is 2. The number of phosphoric ester groups is 1. The fraction of sp³-hybridized carbons (Fsp3) is 0.500. The van der Waals surface area contributed by atoms with Crippen LogP contribution < -0.4 is 16.9 Å². The number of aliphatic hydroxyl groups is 4. The minimum atomic E-state index is -5.01. The smallest absolute Gasteiger partial charge is 0.395 e. The van der Waals surface area contributed by atoms with Crippen molar-refractivity contribution in [2.45, 2.75) is 40.8 Å². The molecule has 2 saturated heterocycles. The average Bonchev–Trinajstić information content (AvgIpc) is 3.70. The zero-order valence-corrected chi connectivity index (χ0v) is 22.8. The summed E-state index contributed by atoms with van der Waals surface area (Å²) in [4.78, 5) is 55.3. The first-order chi connectivity index (χ1) is 19.9. The van der Waals surface area contributed by atoms with Gasteiger partial charge in [0.05, 0.1) is 50.2 Å². The molecule has 6 rings (SSSR count). The zero-order chi connectivity index (χ0) is 30.0. The van der Waals surface area contributed by atoms with Crippen LogP contribution in [0.4, 0.5) is 5.95 Å². The number of thioether (sulfide) groups is 1. The Bertz CT molecular complexity index is 1810. The van der Waals surface area contributed by atoms with Gasteiger partial charge in [0.15, 0.2) is 28.1 Å². The number of rotatable bonds is 8. The first-order valence-electron chi connectivity index (χ1n) is 12.2. The van der Waals surface area contributed by atoms with Gasteiger partial charge in [0.25, 0.3) is 11.1 Å². The molecule has 4 aromatic heterocycles. The van der Waals surface area contributed by atoms with Gasteiger partial charge in [-0.2, -0.15) is 4.98 Å². The van der Waals surface area contributed by atoms with Gasteiger partial charge in [-0.15, -0.1) is 11.8 Å². The molecule has 226 valence electrons. The lowest BCUT2D eigenvalue weighted by molar-refractivity contribution is -0.110. The van der Waals surface area contributed by atoms with Crippen LogP contribution in [0.1, 0.15) is 5.37 Å². The van der Waals surface area contributed by atoms with Gasteiger partial charge >= 0.3 is 7.82 Å². The second-order valence-electron chi connectivity index (χ2n) is 9.54. The highest BCUT2D eigenvalue weighted by Crippen LogP contribution is 2.53. The number of nitrogens with one attached hydrogen (secondary N) is 2. The van der Waals surface area contributed by atoms with E-state index in [9.17, 15) is 39.5 Å². The minimum absolute atomic E-state index is 0.00657. The fourth-order valence-corrected chi connectivity index (χ4v) is 7.32. The number of anilines is 1. The Morgan fingerprint density at radius 1 is 1.19 bits per heavy atom. The molecule has 20 nitrogen and oxygen atoms in total. The number of nitrogens with two attached hydrogens (primary N) is 1. The number of aromatic amines is 2. The predicted octanol–water partition coefficient (Wildman–Crippen LogP) is -3.29. The van der Waals surface area contributed by atoms with Crippen LogP contribution in [0.5, 0.6) is 0 Å². The lowest BCUT2D eigenvalue weighted by Gasteiger charge is -2.28. The molecule has 0 radical (unpaired) electrons. The highest BCUT2D eigenvalue weighted by Gasteiger charge is 2.52. The van der Waals surface area contributed by atoms with Crippen LogP contribution in [-0.4, -0.2) is 114 Å². The molecule has 6 heterocycles. The Labute approximate surface area is 236 Å². The molecular formula is C20H24N9O11PS. The number of ether oxygens (including phenoxy) is 1. The summed E-state index contributed by atoms with van der Waals surface area (Å²) in [6.45, 7) is -1.78. The van der Waals surface area contributed by atoms with Crippen LogP contribution in [0.15, 0.2) is 28.6 Å². The molecule has 0 aromatic carbocycles. The molecule has 22 heteroatoms. The highest BCUT2D eigenvalue weighted by atomic mass is 32.2. The second-order valence-corrected chi connectivity index (χ2v) is 12.3. The van der Waals surface area contributed by atoms with E-state index in [2.05, 4.69) is 29.9 Å². The van der Waals surface area contributed by atoms with E-state index < -0.39 is 79.5 Å². The summed E-state index contributed by atoms with van der Waals surface area (Å²) in [5, 5.41) is 40.7. The lowest BCUT2D eigenvalue weighted by atomic mass is 10.1. The standard InChI is InChI=1S/C20H24N9O11PS/c21-19-26-15-10(17(34)27-19)24-5-28(15)18-12(11(31)8(1-30)42-18)40-41(36,37)39-2-7-13(32)20(35,3-38-7)29-6-25-9-14(29)22-4-23-16(9)33/h4-8,11-13,18,30-32,35H,1-3H2,(H,36,37)(H,22,23,33)(H3,21,26,27,34)/t7-,8-,11-,12-,13-,18-,20-/m1/s1. The Hall–Kier alpha value is -3.24. The second kappa shape index (κ2) is 10.5. The van der Waals surface area contributed by atoms with Crippen molar-refractivity contribution in [2.75, 3.05) is 25.6 Å². The third kappa shape index (κ3) is 4.72. The highest BCUT2D eigenvalue weighted by molar-refractivity contribution is 8.00. The predicted molar refractivity (Wildman–Crippen MR) is 141 cm³/mol. The number of aliphatic hydroxyl groups excluding tert-OH is 3. The Kier molecular flexibility index (Phi) is 7.20. The summed E-state index contributed by atoms with van der Waals surface area (Å²) >= 11 is 0.976. The molecule has 0 bridgehead atoms. The number of nitrogens with zero attached hydrogens (tertiary/aromatic N) is 6. The van der Waals surface area contributed by atoms with Gasteiger partial charge in [-0.3, -0.25) is 32.8 Å². The summed E-state index contributed by atoms with van der Waals surface area (Å²) < 4.78 is 31.2. The first kappa shape index (κ1) is 28.9. The summed E-state index contributed by atoms with van der Waals surface area (Å²) in [6, 6.07) is 0. The van der Waals surface area contributed by atoms with Crippen molar-refractivity contribution in [3.8, 4) is 0 Å². The average molecular weight is 630 g/mol. The first-order valence-corrected chi connectivity index (χ1v) is 14.6. The number of phosphoric acid groups is 1. The SMILES string of the molecule is Nc1nc2c(ncn2[C@@H]2S[C@H](CO)[C@@H](O)[C@H]2OP(=O)(O)OC[C@H]2OC[C@](O)(n3cnc4c(=O)[nH]cnc43)[C@@H]2O)c(=O)[nH]1. The number of imidazole rings is 2. The van der Waals surface area contributed by atoms with E-state index in [0.29, 0.717) is 0 Å². The zero-order valence-electron chi connectivity index (χ0n) is 21.1. The van der Waals surface area contributed by atoms with E-state index in [4.69, 9.17) is 19.5 Å². The monoisotopic (exact) mass is 629 g/mol. The van der Waals surface area contributed by atoms with Crippen molar-refractivity contribution in [1.29, 1.82) is 0 Å². The molecule has 1 unspecified atom stereocenters. The van der Waals surface area contributed by atoms with Gasteiger partial charge < -0.3 is 40.8 Å². The van der Waals surface area contributed by atoms with Crippen molar-refractivity contribution in [3.05, 3.63) is 39.7 Å². The third-order valence-corrected chi connectivity index (χ3v) is 9.50. The quantitative estimate of drug-likeness (QED) is 0.0885. The Morgan fingerprint density at radius 2 is 1.93 bits per heavy atom. The van der Waals surface area contributed by atoms with Crippen molar-refractivity contribution in [3.63, 3.8) is 0 Å². The Morgan fingerprint density at radius 3 is 2.69 bits per heavy atom. The molecule has 8 atom stereocenters. The lowest BCUT2D eigenvalue weighted by Crippen LogP contribution is -2.47. The normalized spacial score (nSPS) is 31.3. The summed E-state index contributed by atoms with van der Waals surface area (Å²) in [5.74, 6) is -0.216. The van der Waals surface area contributed by atoms with E-state index in [0.717, 1.165) is 29.0 Å². The maximum Gasteiger partial charge on any atom is 0.472 e. The topological polar surface area (TPSA) is 299 Å². The Balaban J connectivity index is 1.19. The van der Waals surface area contributed by atoms with Crippen molar-refractivity contribution < 1.29 is 43.7 Å². The molecule has 0 aliphatic carbocycles. The third-order valence-electron chi connectivity index (χ3n) is 6.97. The van der Waals surface area contributed by atoms with E-state index >= 15 is 0 Å². The van der Waals surface area contributed by atoms with E-state index in [1.807, 2.05) is 0 Å². The van der Waals surface area contributed by atoms with Crippen LogP contribution in [-0.2, 0) is 24.1 Å². The molecule has 0 amide bonds. The van der Waals surface area contributed by atoms with Crippen molar-refractivity contribution >= 4 is 47.9 Å². The van der Waals surface area contributed by atoms with Crippen LogP contribution >= 0.6 is 19.6 Å². The molecule has 2 aliphatic heterocycles. The molecule has 9 N–H and O–H groups in total. The van der Waals surface area contributed by atoms with Gasteiger partial charge in [0, 0.05) is 0 Å². The van der Waals surface area contributed by atoms with Crippen LogP contribution in [0, 0.1) is 0 Å². The van der Waals surface area contributed by atoms with Crippen LogP contribution in [0.25, 0.3) is 22.3 Å². The maximum atomic E-state index is 13.0. The van der Waals surface area contributed by atoms with E-state index in [1.54, 1.807) is 0 Å². The minimum Gasteiger partial charge on any atom is -0.395 e. The molecular weight excluding hydrogens is 605 g/mol. The van der Waals surface area contributed by atoms with Crippen LogP contribution in [0.3, 0.4) is 0 Å². The number of aromatic nitrogens is 8. The van der Waals surface area contributed by atoms with Gasteiger partial charge in [0.2, 0.25) is 5.95 Å². The van der Waals surface area contributed by atoms with Crippen LogP contribution in [0.2, 0.25) is 0 Å². The van der Waals surface area contributed by atoms with Gasteiger partial charge in [0.1, 0.15) is 23.7 Å². The molecule has 2 fully saturated rings. The number of hydrogen-bond acceptors (Lipinski definition) is 16. The van der Waals surface area contributed by atoms with E-state index in [1.165, 1.54) is 10.9 Å². The fourth-order valence-electron chi connectivity index (χ4n) is 4.87. The number of nitrogen functional groups attached to an aromatic ring is 1. The van der Waals surface area contributed by atoms with Gasteiger partial charge in [-0.1, -0.05) is 0 Å². The van der Waals surface area contributed by atoms with Crippen molar-refractivity contribution in [2.24, 2.45) is 0 Å². The van der Waals surface area contributed by atoms with E-state index in [-0.39, 0.29) is 28.3 Å². The maximum absolute atomic E-state index is 13.0. The molecule has 4 aromatic rings. The molecule has 42 heavy (non-hydrogen) atoms. The molecule has 2 aliphatic rings.